The summed E-state index contributed by atoms with van der Waals surface area (Å²) in [6.07, 6.45) is 2.21. The number of ether oxygens (including phenoxy) is 2. The Hall–Kier alpha value is -2.40. The van der Waals surface area contributed by atoms with E-state index in [1.165, 1.54) is 6.07 Å². The van der Waals surface area contributed by atoms with Gasteiger partial charge in [0.2, 0.25) is 0 Å². The van der Waals surface area contributed by atoms with Gasteiger partial charge in [-0.3, -0.25) is 4.79 Å². The third-order valence-electron chi connectivity index (χ3n) is 5.13. The van der Waals surface area contributed by atoms with Crippen LogP contribution in [0.5, 0.6) is 5.75 Å². The highest BCUT2D eigenvalue weighted by Gasteiger charge is 2.54. The minimum atomic E-state index is -0.379. The lowest BCUT2D eigenvalue weighted by Crippen LogP contribution is -2.19. The largest absolute Gasteiger partial charge is 0.491 e. The zero-order valence-corrected chi connectivity index (χ0v) is 14.1. The molecule has 4 rings (SSSR count). The zero-order chi connectivity index (χ0) is 17.6. The Bertz CT molecular complexity index is 896. The van der Waals surface area contributed by atoms with E-state index in [4.69, 9.17) is 13.9 Å². The van der Waals surface area contributed by atoms with Crippen LogP contribution in [0.4, 0.5) is 0 Å². The number of allylic oxidation sites excluding steroid dienone is 1. The van der Waals surface area contributed by atoms with Crippen LogP contribution in [0.15, 0.2) is 51.7 Å². The van der Waals surface area contributed by atoms with Gasteiger partial charge in [0, 0.05) is 23.9 Å². The summed E-state index contributed by atoms with van der Waals surface area (Å²) in [7, 11) is 0. The van der Waals surface area contributed by atoms with E-state index >= 15 is 0 Å². The van der Waals surface area contributed by atoms with Gasteiger partial charge < -0.3 is 13.9 Å². The third-order valence-corrected chi connectivity index (χ3v) is 5.13. The van der Waals surface area contributed by atoms with Gasteiger partial charge in [0.15, 0.2) is 5.78 Å². The van der Waals surface area contributed by atoms with E-state index in [2.05, 4.69) is 13.5 Å². The fourth-order valence-corrected chi connectivity index (χ4v) is 3.64. The molecule has 2 aliphatic rings. The Kier molecular flexibility index (Phi) is 3.76. The van der Waals surface area contributed by atoms with Crippen molar-refractivity contribution in [3.05, 3.63) is 52.9 Å². The second kappa shape index (κ2) is 5.85. The Morgan fingerprint density at radius 2 is 2.04 bits per heavy atom. The molecule has 1 saturated carbocycles. The maximum Gasteiger partial charge on any atom is 0.336 e. The molecule has 1 saturated heterocycles. The van der Waals surface area contributed by atoms with Crippen LogP contribution in [-0.2, 0) is 9.53 Å². The van der Waals surface area contributed by atoms with Crippen LogP contribution in [0.2, 0.25) is 0 Å². The van der Waals surface area contributed by atoms with E-state index in [0.717, 1.165) is 23.8 Å². The van der Waals surface area contributed by atoms with E-state index in [9.17, 15) is 9.59 Å². The highest BCUT2D eigenvalue weighted by molar-refractivity contribution is 5.97. The number of epoxide rings is 1. The van der Waals surface area contributed by atoms with E-state index < -0.39 is 0 Å². The van der Waals surface area contributed by atoms with Gasteiger partial charge in [-0.2, -0.15) is 0 Å². The molecule has 0 radical (unpaired) electrons. The first kappa shape index (κ1) is 16.1. The minimum Gasteiger partial charge on any atom is -0.491 e. The van der Waals surface area contributed by atoms with E-state index in [-0.39, 0.29) is 23.1 Å². The van der Waals surface area contributed by atoms with Crippen molar-refractivity contribution < 1.29 is 18.7 Å². The summed E-state index contributed by atoms with van der Waals surface area (Å²) < 4.78 is 16.8. The molecule has 25 heavy (non-hydrogen) atoms. The van der Waals surface area contributed by atoms with Crippen molar-refractivity contribution in [1.82, 2.24) is 0 Å². The van der Waals surface area contributed by atoms with Crippen LogP contribution in [0.3, 0.4) is 0 Å². The van der Waals surface area contributed by atoms with Gasteiger partial charge >= 0.3 is 5.63 Å². The Morgan fingerprint density at radius 3 is 2.80 bits per heavy atom. The fourth-order valence-electron chi connectivity index (χ4n) is 3.64. The molecule has 130 valence electrons. The highest BCUT2D eigenvalue weighted by atomic mass is 16.6. The Balaban J connectivity index is 1.35. The number of carbonyl (C=O) groups is 1. The molecule has 1 aromatic carbocycles. The molecule has 0 amide bonds. The second-order valence-electron chi connectivity index (χ2n) is 7.19. The van der Waals surface area contributed by atoms with Crippen molar-refractivity contribution in [2.45, 2.75) is 37.9 Å². The SMILES string of the molecule is C=C1CC(CC2(C)OC2COc2ccc3ccc(=O)oc3c2)CC1=O. The fraction of sp³-hybridized carbons (Fsp3) is 0.400. The van der Waals surface area contributed by atoms with Gasteiger partial charge in [-0.05, 0) is 49.5 Å². The molecule has 0 bridgehead atoms. The summed E-state index contributed by atoms with van der Waals surface area (Å²) in [6.45, 7) is 6.31. The topological polar surface area (TPSA) is 69.0 Å². The number of hydrogen-bond acceptors (Lipinski definition) is 5. The molecule has 2 fully saturated rings. The van der Waals surface area contributed by atoms with Gasteiger partial charge in [0.05, 0.1) is 5.60 Å². The molecule has 2 heterocycles. The third kappa shape index (κ3) is 3.24. The highest BCUT2D eigenvalue weighted by Crippen LogP contribution is 2.45. The molecular formula is C20H20O5. The maximum absolute atomic E-state index is 11.6. The lowest BCUT2D eigenvalue weighted by Gasteiger charge is -2.12. The molecule has 3 atom stereocenters. The molecule has 5 nitrogen and oxygen atoms in total. The summed E-state index contributed by atoms with van der Waals surface area (Å²) >= 11 is 0. The number of carbonyl (C=O) groups excluding carboxylic acids is 1. The van der Waals surface area contributed by atoms with Crippen molar-refractivity contribution in [2.24, 2.45) is 5.92 Å². The van der Waals surface area contributed by atoms with Gasteiger partial charge in [-0.1, -0.05) is 6.58 Å². The summed E-state index contributed by atoms with van der Waals surface area (Å²) in [5.74, 6) is 1.15. The van der Waals surface area contributed by atoms with E-state index in [0.29, 0.717) is 30.3 Å². The van der Waals surface area contributed by atoms with Crippen LogP contribution in [0.1, 0.15) is 26.2 Å². The van der Waals surface area contributed by atoms with Crippen LogP contribution in [-0.4, -0.2) is 24.1 Å². The van der Waals surface area contributed by atoms with Crippen molar-refractivity contribution in [3.63, 3.8) is 0 Å². The summed E-state index contributed by atoms with van der Waals surface area (Å²) in [5, 5.41) is 0.852. The molecule has 0 spiro atoms. The van der Waals surface area contributed by atoms with Gasteiger partial charge in [0.25, 0.3) is 0 Å². The first-order chi connectivity index (χ1) is 11.9. The van der Waals surface area contributed by atoms with Crippen molar-refractivity contribution in [2.75, 3.05) is 6.61 Å². The molecule has 2 aromatic rings. The first-order valence-corrected chi connectivity index (χ1v) is 8.48. The summed E-state index contributed by atoms with van der Waals surface area (Å²) in [6, 6.07) is 8.55. The van der Waals surface area contributed by atoms with Crippen LogP contribution < -0.4 is 10.4 Å². The average molecular weight is 340 g/mol. The van der Waals surface area contributed by atoms with Crippen LogP contribution in [0, 0.1) is 5.92 Å². The quantitative estimate of drug-likeness (QED) is 0.475. The summed E-state index contributed by atoms with van der Waals surface area (Å²) in [5.41, 5.74) is 0.626. The molecule has 0 N–H and O–H groups in total. The first-order valence-electron chi connectivity index (χ1n) is 8.48. The number of hydrogen-bond donors (Lipinski definition) is 0. The van der Waals surface area contributed by atoms with Crippen LogP contribution >= 0.6 is 0 Å². The predicted octanol–water partition coefficient (Wildman–Crippen LogP) is 3.25. The number of fused-ring (bicyclic) bond motifs is 1. The van der Waals surface area contributed by atoms with Gasteiger partial charge in [-0.15, -0.1) is 0 Å². The van der Waals surface area contributed by atoms with Crippen molar-refractivity contribution in [1.29, 1.82) is 0 Å². The van der Waals surface area contributed by atoms with Crippen LogP contribution in [0.25, 0.3) is 11.0 Å². The lowest BCUT2D eigenvalue weighted by molar-refractivity contribution is -0.114. The molecule has 1 aliphatic carbocycles. The number of rotatable bonds is 5. The predicted molar refractivity (Wildman–Crippen MR) is 92.7 cm³/mol. The Morgan fingerprint density at radius 1 is 1.24 bits per heavy atom. The smallest absolute Gasteiger partial charge is 0.336 e. The molecule has 5 heteroatoms. The standard InChI is InChI=1S/C20H20O5/c1-12-7-13(8-16(12)21)10-20(2)18(25-20)11-23-15-5-3-14-4-6-19(22)24-17(14)9-15/h3-6,9,13,18H,1,7-8,10-11H2,2H3. The number of ketones is 1. The number of benzene rings is 1. The maximum atomic E-state index is 11.6. The molecular weight excluding hydrogens is 320 g/mol. The van der Waals surface area contributed by atoms with E-state index in [1.807, 2.05) is 12.1 Å². The molecule has 1 aliphatic heterocycles. The number of Topliss-reactive ketones (excluding diaryl/α,β-unsaturated/α-hetero) is 1. The molecule has 1 aromatic heterocycles. The Labute approximate surface area is 145 Å². The lowest BCUT2D eigenvalue weighted by atomic mass is 9.92. The van der Waals surface area contributed by atoms with Crippen molar-refractivity contribution >= 4 is 16.8 Å². The van der Waals surface area contributed by atoms with E-state index in [1.54, 1.807) is 12.1 Å². The van der Waals surface area contributed by atoms with Gasteiger partial charge in [-0.25, -0.2) is 4.79 Å². The summed E-state index contributed by atoms with van der Waals surface area (Å²) in [4.78, 5) is 22.9. The minimum absolute atomic E-state index is 0.00921. The average Bonchev–Trinajstić information content (AvgIpc) is 3.10. The van der Waals surface area contributed by atoms with Crippen molar-refractivity contribution in [3.8, 4) is 5.75 Å². The monoisotopic (exact) mass is 340 g/mol. The normalized spacial score (nSPS) is 28.5. The second-order valence-corrected chi connectivity index (χ2v) is 7.19. The van der Waals surface area contributed by atoms with Gasteiger partial charge in [0.1, 0.15) is 24.0 Å². The molecule has 3 unspecified atom stereocenters. The zero-order valence-electron chi connectivity index (χ0n) is 14.1.